The van der Waals surface area contributed by atoms with E-state index >= 15 is 0 Å². The summed E-state index contributed by atoms with van der Waals surface area (Å²) in [7, 11) is 0. The Kier molecular flexibility index (Phi) is 4.49. The Hall–Kier alpha value is -3.74. The van der Waals surface area contributed by atoms with Crippen LogP contribution < -0.4 is 5.32 Å². The van der Waals surface area contributed by atoms with Crippen molar-refractivity contribution in [3.8, 4) is 16.9 Å². The van der Waals surface area contributed by atoms with Crippen LogP contribution >= 0.6 is 0 Å². The van der Waals surface area contributed by atoms with Crippen LogP contribution in [0.4, 0.5) is 10.1 Å². The second-order valence-electron chi connectivity index (χ2n) is 6.44. The van der Waals surface area contributed by atoms with Crippen LogP contribution in [0.1, 0.15) is 21.7 Å². The minimum absolute atomic E-state index is 0.245. The highest BCUT2D eigenvalue weighted by atomic mass is 19.1. The quantitative estimate of drug-likeness (QED) is 0.559. The van der Waals surface area contributed by atoms with E-state index in [1.165, 1.54) is 12.1 Å². The van der Waals surface area contributed by atoms with E-state index in [1.807, 2.05) is 37.3 Å². The van der Waals surface area contributed by atoms with Crippen LogP contribution in [0.2, 0.25) is 0 Å². The molecule has 0 aliphatic heterocycles. The van der Waals surface area contributed by atoms with Crippen LogP contribution in [0.25, 0.3) is 16.9 Å². The summed E-state index contributed by atoms with van der Waals surface area (Å²) >= 11 is 0. The molecule has 0 fully saturated rings. The fourth-order valence-corrected chi connectivity index (χ4v) is 3.18. The topological polar surface area (TPSA) is 75.6 Å². The Balaban J connectivity index is 1.62. The monoisotopic (exact) mass is 375 g/mol. The number of carbonyl (C=O) groups excluding carboxylic acids is 1. The maximum atomic E-state index is 13.2. The first-order chi connectivity index (χ1) is 13.5. The van der Waals surface area contributed by atoms with Gasteiger partial charge in [0, 0.05) is 17.4 Å². The average molecular weight is 375 g/mol. The number of carbonyl (C=O) groups is 1. The molecule has 0 spiro atoms. The molecule has 140 valence electrons. The molecule has 6 nitrogen and oxygen atoms in total. The molecule has 0 radical (unpaired) electrons. The molecule has 28 heavy (non-hydrogen) atoms. The number of halogens is 1. The van der Waals surface area contributed by atoms with Gasteiger partial charge in [-0.25, -0.2) is 9.07 Å². The summed E-state index contributed by atoms with van der Waals surface area (Å²) in [4.78, 5) is 12.9. The number of nitrogens with one attached hydrogen (secondary N) is 2. The molecule has 0 bridgehead atoms. The molecule has 4 rings (SSSR count). The number of hydrogen-bond donors (Lipinski definition) is 2. The molecule has 4 aromatic rings. The first kappa shape index (κ1) is 17.7. The van der Waals surface area contributed by atoms with Gasteiger partial charge in [-0.1, -0.05) is 12.1 Å². The summed E-state index contributed by atoms with van der Waals surface area (Å²) in [6.07, 6.45) is 1.68. The fraction of sp³-hybridized carbons (Fsp3) is 0.0952. The summed E-state index contributed by atoms with van der Waals surface area (Å²) in [6, 6.07) is 15.4. The van der Waals surface area contributed by atoms with Gasteiger partial charge < -0.3 is 5.32 Å². The molecule has 2 aromatic carbocycles. The SMILES string of the molecule is Cc1nn(-c2ccc(F)cc2)c(C)c1C(=O)Nc1cccc(-c2ccn[nH]2)c1. The number of aryl methyl sites for hydroxylation is 1. The molecule has 0 saturated carbocycles. The smallest absolute Gasteiger partial charge is 0.259 e. The maximum absolute atomic E-state index is 13.2. The van der Waals surface area contributed by atoms with Gasteiger partial charge in [-0.15, -0.1) is 0 Å². The number of rotatable bonds is 4. The number of aromatic amines is 1. The molecule has 7 heteroatoms. The van der Waals surface area contributed by atoms with Crippen molar-refractivity contribution < 1.29 is 9.18 Å². The Morgan fingerprint density at radius 3 is 2.61 bits per heavy atom. The standard InChI is InChI=1S/C21H18FN5O/c1-13-20(14(2)27(26-13)18-8-6-16(22)7-9-18)21(28)24-17-5-3-4-15(12-17)19-10-11-23-25-19/h3-12H,1-2H3,(H,23,25)(H,24,28). The second-order valence-corrected chi connectivity index (χ2v) is 6.44. The molecule has 2 aromatic heterocycles. The zero-order valence-electron chi connectivity index (χ0n) is 15.4. The minimum Gasteiger partial charge on any atom is -0.322 e. The Morgan fingerprint density at radius 2 is 1.89 bits per heavy atom. The molecule has 0 saturated heterocycles. The van der Waals surface area contributed by atoms with Crippen LogP contribution in [0.15, 0.2) is 60.8 Å². The fourth-order valence-electron chi connectivity index (χ4n) is 3.18. The highest BCUT2D eigenvalue weighted by Gasteiger charge is 2.19. The highest BCUT2D eigenvalue weighted by Crippen LogP contribution is 2.23. The van der Waals surface area contributed by atoms with Crippen molar-refractivity contribution in [1.82, 2.24) is 20.0 Å². The van der Waals surface area contributed by atoms with Crippen molar-refractivity contribution in [2.75, 3.05) is 5.32 Å². The number of hydrogen-bond acceptors (Lipinski definition) is 3. The van der Waals surface area contributed by atoms with Gasteiger partial charge in [-0.05, 0) is 56.3 Å². The van der Waals surface area contributed by atoms with E-state index in [-0.39, 0.29) is 11.7 Å². The average Bonchev–Trinajstić information content (AvgIpc) is 3.31. The number of benzene rings is 2. The molecule has 0 aliphatic carbocycles. The van der Waals surface area contributed by atoms with Crippen molar-refractivity contribution in [3.05, 3.63) is 83.6 Å². The molecular formula is C21H18FN5O. The third-order valence-corrected chi connectivity index (χ3v) is 4.52. The van der Waals surface area contributed by atoms with Crippen molar-refractivity contribution in [2.24, 2.45) is 0 Å². The predicted molar refractivity (Wildman–Crippen MR) is 105 cm³/mol. The molecular weight excluding hydrogens is 357 g/mol. The number of anilines is 1. The summed E-state index contributed by atoms with van der Waals surface area (Å²) in [5.74, 6) is -0.564. The van der Waals surface area contributed by atoms with Gasteiger partial charge in [0.15, 0.2) is 0 Å². The van der Waals surface area contributed by atoms with E-state index in [4.69, 9.17) is 0 Å². The highest BCUT2D eigenvalue weighted by molar-refractivity contribution is 6.06. The van der Waals surface area contributed by atoms with Gasteiger partial charge in [0.1, 0.15) is 5.82 Å². The van der Waals surface area contributed by atoms with Gasteiger partial charge in [0.25, 0.3) is 5.91 Å². The van der Waals surface area contributed by atoms with Crippen molar-refractivity contribution in [1.29, 1.82) is 0 Å². The number of nitrogens with zero attached hydrogens (tertiary/aromatic N) is 3. The molecule has 0 atom stereocenters. The third kappa shape index (κ3) is 3.29. The number of H-pyrrole nitrogens is 1. The van der Waals surface area contributed by atoms with Crippen LogP contribution in [0.3, 0.4) is 0 Å². The van der Waals surface area contributed by atoms with Gasteiger partial charge in [0.2, 0.25) is 0 Å². The first-order valence-corrected chi connectivity index (χ1v) is 8.76. The lowest BCUT2D eigenvalue weighted by Crippen LogP contribution is -2.14. The summed E-state index contributed by atoms with van der Waals surface area (Å²) < 4.78 is 14.8. The van der Waals surface area contributed by atoms with E-state index < -0.39 is 0 Å². The molecule has 0 aliphatic rings. The largest absolute Gasteiger partial charge is 0.322 e. The maximum Gasteiger partial charge on any atom is 0.259 e. The number of aromatic nitrogens is 4. The van der Waals surface area contributed by atoms with E-state index in [1.54, 1.807) is 29.9 Å². The summed E-state index contributed by atoms with van der Waals surface area (Å²) in [5, 5.41) is 14.2. The van der Waals surface area contributed by atoms with E-state index in [9.17, 15) is 9.18 Å². The molecule has 2 heterocycles. The second kappa shape index (κ2) is 7.11. The van der Waals surface area contributed by atoms with Gasteiger partial charge in [-0.3, -0.25) is 9.89 Å². The first-order valence-electron chi connectivity index (χ1n) is 8.76. The van der Waals surface area contributed by atoms with Crippen LogP contribution in [0, 0.1) is 19.7 Å². The van der Waals surface area contributed by atoms with Crippen molar-refractivity contribution in [3.63, 3.8) is 0 Å². The van der Waals surface area contributed by atoms with Crippen LogP contribution in [0.5, 0.6) is 0 Å². The zero-order chi connectivity index (χ0) is 19.7. The van der Waals surface area contributed by atoms with Gasteiger partial charge in [-0.2, -0.15) is 10.2 Å². The molecule has 2 N–H and O–H groups in total. The summed E-state index contributed by atoms with van der Waals surface area (Å²) in [6.45, 7) is 3.60. The minimum atomic E-state index is -0.319. The van der Waals surface area contributed by atoms with Gasteiger partial charge in [0.05, 0.1) is 28.3 Å². The van der Waals surface area contributed by atoms with E-state index in [2.05, 4.69) is 20.6 Å². The molecule has 1 amide bonds. The normalized spacial score (nSPS) is 10.8. The lowest BCUT2D eigenvalue weighted by Gasteiger charge is -2.08. The Bertz CT molecular complexity index is 1130. The van der Waals surface area contributed by atoms with Gasteiger partial charge >= 0.3 is 0 Å². The van der Waals surface area contributed by atoms with Crippen molar-refractivity contribution >= 4 is 11.6 Å². The summed E-state index contributed by atoms with van der Waals surface area (Å²) in [5.41, 5.74) is 4.94. The van der Waals surface area contributed by atoms with Crippen LogP contribution in [-0.2, 0) is 0 Å². The Morgan fingerprint density at radius 1 is 1.11 bits per heavy atom. The third-order valence-electron chi connectivity index (χ3n) is 4.52. The number of amides is 1. The predicted octanol–water partition coefficient (Wildman–Crippen LogP) is 4.27. The zero-order valence-corrected chi connectivity index (χ0v) is 15.4. The Labute approximate surface area is 161 Å². The lowest BCUT2D eigenvalue weighted by molar-refractivity contribution is 0.102. The lowest BCUT2D eigenvalue weighted by atomic mass is 10.1. The molecule has 0 unspecified atom stereocenters. The van der Waals surface area contributed by atoms with Crippen molar-refractivity contribution in [2.45, 2.75) is 13.8 Å². The van der Waals surface area contributed by atoms with E-state index in [0.717, 1.165) is 11.3 Å². The van der Waals surface area contributed by atoms with Crippen LogP contribution in [-0.4, -0.2) is 25.9 Å². The van der Waals surface area contributed by atoms with E-state index in [0.29, 0.717) is 28.3 Å².